The lowest BCUT2D eigenvalue weighted by Gasteiger charge is -2.05. The number of aromatic nitrogens is 6. The van der Waals surface area contributed by atoms with Crippen LogP contribution in [0, 0.1) is 0 Å². The highest BCUT2D eigenvalue weighted by atomic mass is 35.5. The maximum absolute atomic E-state index is 12.0. The van der Waals surface area contributed by atoms with Crippen molar-refractivity contribution in [3.05, 3.63) is 47.5 Å². The van der Waals surface area contributed by atoms with E-state index in [9.17, 15) is 4.79 Å². The molecule has 0 aliphatic rings. The maximum Gasteiger partial charge on any atom is 0.275 e. The van der Waals surface area contributed by atoms with Crippen molar-refractivity contribution in [2.75, 3.05) is 5.32 Å². The van der Waals surface area contributed by atoms with Crippen LogP contribution in [0.15, 0.2) is 36.7 Å². The molecular formula is C12H8ClN7O. The lowest BCUT2D eigenvalue weighted by molar-refractivity contribution is 0.102. The number of rotatable bonds is 3. The Morgan fingerprint density at radius 1 is 1.24 bits per heavy atom. The van der Waals surface area contributed by atoms with Gasteiger partial charge in [0, 0.05) is 11.3 Å². The topological polar surface area (TPSA) is 109 Å². The van der Waals surface area contributed by atoms with Crippen molar-refractivity contribution >= 4 is 23.2 Å². The summed E-state index contributed by atoms with van der Waals surface area (Å²) in [6.07, 6.45) is 2.62. The van der Waals surface area contributed by atoms with Gasteiger partial charge >= 0.3 is 0 Å². The van der Waals surface area contributed by atoms with E-state index in [0.717, 1.165) is 5.56 Å². The zero-order chi connectivity index (χ0) is 14.7. The molecule has 1 aromatic carbocycles. The second-order valence-electron chi connectivity index (χ2n) is 3.99. The number of carbonyl (C=O) groups is 1. The SMILES string of the molecule is O=C(Nc1cccc(-c2nn[nH]n2)c1)c1cnc(Cl)cn1. The molecule has 0 fully saturated rings. The molecule has 0 atom stereocenters. The van der Waals surface area contributed by atoms with E-state index < -0.39 is 0 Å². The maximum atomic E-state index is 12.0. The largest absolute Gasteiger partial charge is 0.321 e. The summed E-state index contributed by atoms with van der Waals surface area (Å²) in [7, 11) is 0. The molecule has 0 aliphatic carbocycles. The number of amides is 1. The van der Waals surface area contributed by atoms with Gasteiger partial charge in [0.05, 0.1) is 12.4 Å². The van der Waals surface area contributed by atoms with Crippen LogP contribution in [0.2, 0.25) is 5.15 Å². The van der Waals surface area contributed by atoms with Crippen LogP contribution in [-0.4, -0.2) is 36.5 Å². The number of nitrogens with one attached hydrogen (secondary N) is 2. The highest BCUT2D eigenvalue weighted by Gasteiger charge is 2.09. The number of carbonyl (C=O) groups excluding carboxylic acids is 1. The minimum absolute atomic E-state index is 0.171. The molecule has 21 heavy (non-hydrogen) atoms. The van der Waals surface area contributed by atoms with Crippen LogP contribution in [-0.2, 0) is 0 Å². The fraction of sp³-hybridized carbons (Fsp3) is 0. The predicted molar refractivity (Wildman–Crippen MR) is 74.6 cm³/mol. The van der Waals surface area contributed by atoms with Gasteiger partial charge in [-0.1, -0.05) is 23.7 Å². The van der Waals surface area contributed by atoms with E-state index >= 15 is 0 Å². The average molecular weight is 302 g/mol. The first kappa shape index (κ1) is 13.1. The summed E-state index contributed by atoms with van der Waals surface area (Å²) in [6, 6.07) is 7.05. The third-order valence-corrected chi connectivity index (χ3v) is 2.77. The van der Waals surface area contributed by atoms with Gasteiger partial charge in [-0.2, -0.15) is 5.21 Å². The first-order chi connectivity index (χ1) is 10.2. The quantitative estimate of drug-likeness (QED) is 0.760. The van der Waals surface area contributed by atoms with E-state index in [1.165, 1.54) is 12.4 Å². The van der Waals surface area contributed by atoms with E-state index in [1.807, 2.05) is 6.07 Å². The fourth-order valence-electron chi connectivity index (χ4n) is 1.64. The van der Waals surface area contributed by atoms with Gasteiger partial charge in [-0.05, 0) is 17.3 Å². The second kappa shape index (κ2) is 5.63. The van der Waals surface area contributed by atoms with Gasteiger partial charge in [0.2, 0.25) is 5.82 Å². The number of tetrazole rings is 1. The monoisotopic (exact) mass is 301 g/mol. The summed E-state index contributed by atoms with van der Waals surface area (Å²) in [5, 5.41) is 16.6. The summed E-state index contributed by atoms with van der Waals surface area (Å²) in [4.78, 5) is 19.7. The summed E-state index contributed by atoms with van der Waals surface area (Å²) >= 11 is 5.63. The van der Waals surface area contributed by atoms with Crippen LogP contribution in [0.5, 0.6) is 0 Å². The standard InChI is InChI=1S/C12H8ClN7O/c13-10-6-14-9(5-15-10)12(21)16-8-3-1-2-7(4-8)11-17-19-20-18-11/h1-6H,(H,16,21)(H,17,18,19,20). The summed E-state index contributed by atoms with van der Waals surface area (Å²) in [5.74, 6) is 0.0572. The Morgan fingerprint density at radius 3 is 2.86 bits per heavy atom. The van der Waals surface area contributed by atoms with E-state index in [2.05, 4.69) is 35.9 Å². The zero-order valence-corrected chi connectivity index (χ0v) is 11.2. The van der Waals surface area contributed by atoms with Crippen molar-refractivity contribution in [1.29, 1.82) is 0 Å². The van der Waals surface area contributed by atoms with Crippen molar-refractivity contribution in [3.63, 3.8) is 0 Å². The Kier molecular flexibility index (Phi) is 3.52. The number of nitrogens with zero attached hydrogens (tertiary/aromatic N) is 5. The summed E-state index contributed by atoms with van der Waals surface area (Å²) in [6.45, 7) is 0. The minimum atomic E-state index is -0.385. The van der Waals surface area contributed by atoms with Crippen LogP contribution in [0.3, 0.4) is 0 Å². The number of hydrogen-bond acceptors (Lipinski definition) is 6. The fourth-order valence-corrected chi connectivity index (χ4v) is 1.74. The molecule has 2 heterocycles. The summed E-state index contributed by atoms with van der Waals surface area (Å²) in [5.41, 5.74) is 1.48. The molecule has 0 radical (unpaired) electrons. The van der Waals surface area contributed by atoms with Crippen LogP contribution >= 0.6 is 11.6 Å². The highest BCUT2D eigenvalue weighted by molar-refractivity contribution is 6.29. The van der Waals surface area contributed by atoms with Crippen LogP contribution in [0.1, 0.15) is 10.5 Å². The highest BCUT2D eigenvalue weighted by Crippen LogP contribution is 2.18. The number of aromatic amines is 1. The molecule has 0 unspecified atom stereocenters. The van der Waals surface area contributed by atoms with Crippen molar-refractivity contribution in [3.8, 4) is 11.4 Å². The number of anilines is 1. The number of H-pyrrole nitrogens is 1. The molecule has 0 spiro atoms. The minimum Gasteiger partial charge on any atom is -0.321 e. The van der Waals surface area contributed by atoms with Crippen molar-refractivity contribution in [2.45, 2.75) is 0 Å². The van der Waals surface area contributed by atoms with Gasteiger partial charge in [-0.15, -0.1) is 10.2 Å². The Balaban J connectivity index is 1.80. The molecule has 8 nitrogen and oxygen atoms in total. The molecule has 0 saturated carbocycles. The predicted octanol–water partition coefficient (Wildman–Crippen LogP) is 1.56. The van der Waals surface area contributed by atoms with Gasteiger partial charge in [0.25, 0.3) is 5.91 Å². The van der Waals surface area contributed by atoms with Crippen LogP contribution < -0.4 is 5.32 Å². The molecule has 104 valence electrons. The third-order valence-electron chi connectivity index (χ3n) is 2.58. The van der Waals surface area contributed by atoms with E-state index in [-0.39, 0.29) is 16.8 Å². The van der Waals surface area contributed by atoms with E-state index in [0.29, 0.717) is 11.5 Å². The first-order valence-corrected chi connectivity index (χ1v) is 6.23. The molecule has 0 saturated heterocycles. The van der Waals surface area contributed by atoms with E-state index in [1.54, 1.807) is 18.2 Å². The third kappa shape index (κ3) is 3.00. The zero-order valence-electron chi connectivity index (χ0n) is 10.5. The lowest BCUT2D eigenvalue weighted by atomic mass is 10.2. The molecule has 3 aromatic rings. The lowest BCUT2D eigenvalue weighted by Crippen LogP contribution is -2.13. The average Bonchev–Trinajstić information content (AvgIpc) is 3.02. The molecule has 0 bridgehead atoms. The smallest absolute Gasteiger partial charge is 0.275 e. The van der Waals surface area contributed by atoms with Crippen molar-refractivity contribution in [2.24, 2.45) is 0 Å². The Hall–Kier alpha value is -2.87. The molecule has 0 aliphatic heterocycles. The molecule has 1 amide bonds. The Labute approximate surface area is 123 Å². The Bertz CT molecular complexity index is 758. The van der Waals surface area contributed by atoms with Gasteiger partial charge in [-0.3, -0.25) is 4.79 Å². The van der Waals surface area contributed by atoms with Crippen molar-refractivity contribution < 1.29 is 4.79 Å². The van der Waals surface area contributed by atoms with Crippen molar-refractivity contribution in [1.82, 2.24) is 30.6 Å². The number of halogens is 1. The molecule has 9 heteroatoms. The second-order valence-corrected chi connectivity index (χ2v) is 4.38. The number of benzene rings is 1. The van der Waals surface area contributed by atoms with Crippen LogP contribution in [0.4, 0.5) is 5.69 Å². The van der Waals surface area contributed by atoms with Gasteiger partial charge in [0.1, 0.15) is 10.8 Å². The van der Waals surface area contributed by atoms with E-state index in [4.69, 9.17) is 11.6 Å². The molecule has 3 rings (SSSR count). The first-order valence-electron chi connectivity index (χ1n) is 5.85. The normalized spacial score (nSPS) is 10.3. The number of hydrogen-bond donors (Lipinski definition) is 2. The summed E-state index contributed by atoms with van der Waals surface area (Å²) < 4.78 is 0. The van der Waals surface area contributed by atoms with Gasteiger partial charge in [0.15, 0.2) is 0 Å². The van der Waals surface area contributed by atoms with Crippen LogP contribution in [0.25, 0.3) is 11.4 Å². The molecule has 2 N–H and O–H groups in total. The van der Waals surface area contributed by atoms with Gasteiger partial charge in [-0.25, -0.2) is 9.97 Å². The van der Waals surface area contributed by atoms with Gasteiger partial charge < -0.3 is 5.32 Å². The Morgan fingerprint density at radius 2 is 2.14 bits per heavy atom. The molecular weight excluding hydrogens is 294 g/mol. The molecule has 2 aromatic heterocycles.